The van der Waals surface area contributed by atoms with E-state index in [2.05, 4.69) is 4.98 Å². The molecule has 0 spiro atoms. The molecule has 1 aliphatic heterocycles. The minimum atomic E-state index is -0.720. The smallest absolute Gasteiger partial charge is 0.320 e. The lowest BCUT2D eigenvalue weighted by molar-refractivity contribution is -0.144. The van der Waals surface area contributed by atoms with Gasteiger partial charge < -0.3 is 5.11 Å². The zero-order chi connectivity index (χ0) is 14.1. The summed E-state index contributed by atoms with van der Waals surface area (Å²) in [5, 5.41) is 9.29. The van der Waals surface area contributed by atoms with E-state index in [0.29, 0.717) is 11.0 Å². The Balaban J connectivity index is 1.82. The third-order valence-electron chi connectivity index (χ3n) is 3.71. The van der Waals surface area contributed by atoms with E-state index in [0.717, 1.165) is 41.6 Å². The minimum Gasteiger partial charge on any atom is -0.480 e. The monoisotopic (exact) mass is 310 g/mol. The maximum Gasteiger partial charge on any atom is 0.320 e. The number of hydrogen-bond donors (Lipinski definition) is 1. The molecule has 1 saturated heterocycles. The standard InChI is InChI=1S/C14H15ClN2O2S/c15-14-16-10-7-9(4-5-12(10)20-14)8-17-6-2-1-3-11(17)13(18)19/h4-5,7,11H,1-3,6,8H2,(H,18,19)/t11-/m0/s1. The molecule has 1 aromatic carbocycles. The number of carboxylic acid groups (broad SMARTS) is 1. The van der Waals surface area contributed by atoms with Crippen LogP contribution in [-0.2, 0) is 11.3 Å². The molecule has 4 nitrogen and oxygen atoms in total. The molecule has 0 saturated carbocycles. The molecule has 1 atom stereocenters. The fourth-order valence-corrected chi connectivity index (χ4v) is 3.75. The molecule has 1 fully saturated rings. The Bertz CT molecular complexity index is 643. The third kappa shape index (κ3) is 2.80. The average molecular weight is 311 g/mol. The number of carbonyl (C=O) groups is 1. The van der Waals surface area contributed by atoms with Crippen LogP contribution in [-0.4, -0.2) is 33.5 Å². The molecule has 2 heterocycles. The summed E-state index contributed by atoms with van der Waals surface area (Å²) in [6, 6.07) is 5.68. The quantitative estimate of drug-likeness (QED) is 0.944. The molecule has 1 aliphatic rings. The molecule has 2 aromatic rings. The lowest BCUT2D eigenvalue weighted by Gasteiger charge is -2.32. The van der Waals surface area contributed by atoms with Gasteiger partial charge in [-0.05, 0) is 37.1 Å². The van der Waals surface area contributed by atoms with Gasteiger partial charge in [-0.15, -0.1) is 11.3 Å². The van der Waals surface area contributed by atoms with Crippen LogP contribution < -0.4 is 0 Å². The van der Waals surface area contributed by atoms with E-state index < -0.39 is 5.97 Å². The maximum absolute atomic E-state index is 11.3. The molecular formula is C14H15ClN2O2S. The van der Waals surface area contributed by atoms with Crippen molar-refractivity contribution in [2.75, 3.05) is 6.54 Å². The molecule has 0 amide bonds. The van der Waals surface area contributed by atoms with Crippen molar-refractivity contribution in [1.82, 2.24) is 9.88 Å². The number of likely N-dealkylation sites (tertiary alicyclic amines) is 1. The number of nitrogens with zero attached hydrogens (tertiary/aromatic N) is 2. The molecule has 0 radical (unpaired) electrons. The first-order valence-corrected chi connectivity index (χ1v) is 7.85. The SMILES string of the molecule is O=C(O)[C@@H]1CCCCN1Cc1ccc2sc(Cl)nc2c1. The molecule has 20 heavy (non-hydrogen) atoms. The van der Waals surface area contributed by atoms with Crippen LogP contribution >= 0.6 is 22.9 Å². The first-order chi connectivity index (χ1) is 9.63. The Hall–Kier alpha value is -1.17. The van der Waals surface area contributed by atoms with Crippen LogP contribution in [0.5, 0.6) is 0 Å². The Morgan fingerprint density at radius 2 is 2.35 bits per heavy atom. The summed E-state index contributed by atoms with van der Waals surface area (Å²) in [5.41, 5.74) is 1.98. The van der Waals surface area contributed by atoms with Gasteiger partial charge in [-0.3, -0.25) is 9.69 Å². The van der Waals surface area contributed by atoms with Gasteiger partial charge in [0.25, 0.3) is 0 Å². The number of piperidine rings is 1. The van der Waals surface area contributed by atoms with E-state index in [4.69, 9.17) is 11.6 Å². The van der Waals surface area contributed by atoms with Gasteiger partial charge in [0.05, 0.1) is 10.2 Å². The van der Waals surface area contributed by atoms with Gasteiger partial charge >= 0.3 is 5.97 Å². The number of fused-ring (bicyclic) bond motifs is 1. The highest BCUT2D eigenvalue weighted by Crippen LogP contribution is 2.27. The number of carboxylic acids is 1. The van der Waals surface area contributed by atoms with Crippen LogP contribution in [0, 0.1) is 0 Å². The summed E-state index contributed by atoms with van der Waals surface area (Å²) in [7, 11) is 0. The van der Waals surface area contributed by atoms with E-state index in [-0.39, 0.29) is 6.04 Å². The van der Waals surface area contributed by atoms with E-state index in [1.165, 1.54) is 11.3 Å². The number of aliphatic carboxylic acids is 1. The summed E-state index contributed by atoms with van der Waals surface area (Å²) in [6.45, 7) is 1.49. The van der Waals surface area contributed by atoms with Gasteiger partial charge in [0.2, 0.25) is 0 Å². The number of aromatic nitrogens is 1. The Morgan fingerprint density at radius 3 is 3.15 bits per heavy atom. The number of hydrogen-bond acceptors (Lipinski definition) is 4. The van der Waals surface area contributed by atoms with E-state index in [9.17, 15) is 9.90 Å². The molecule has 0 unspecified atom stereocenters. The third-order valence-corrected chi connectivity index (χ3v) is 4.85. The molecule has 0 aliphatic carbocycles. The molecule has 1 N–H and O–H groups in total. The fraction of sp³-hybridized carbons (Fsp3) is 0.429. The van der Waals surface area contributed by atoms with Crippen molar-refractivity contribution in [1.29, 1.82) is 0 Å². The molecule has 6 heteroatoms. The van der Waals surface area contributed by atoms with Crippen molar-refractivity contribution in [3.8, 4) is 0 Å². The van der Waals surface area contributed by atoms with Crippen molar-refractivity contribution in [2.45, 2.75) is 31.8 Å². The second-order valence-electron chi connectivity index (χ2n) is 5.09. The largest absolute Gasteiger partial charge is 0.480 e. The highest BCUT2D eigenvalue weighted by Gasteiger charge is 2.28. The van der Waals surface area contributed by atoms with Crippen molar-refractivity contribution < 1.29 is 9.90 Å². The number of thiazole rings is 1. The first-order valence-electron chi connectivity index (χ1n) is 6.65. The predicted octanol–water partition coefficient (Wildman–Crippen LogP) is 3.39. The lowest BCUT2D eigenvalue weighted by Crippen LogP contribution is -2.43. The van der Waals surface area contributed by atoms with Crippen molar-refractivity contribution in [2.24, 2.45) is 0 Å². The summed E-state index contributed by atoms with van der Waals surface area (Å²) >= 11 is 7.37. The zero-order valence-corrected chi connectivity index (χ0v) is 12.5. The van der Waals surface area contributed by atoms with Crippen molar-refractivity contribution in [3.05, 3.63) is 28.2 Å². The van der Waals surface area contributed by atoms with Crippen molar-refractivity contribution in [3.63, 3.8) is 0 Å². The van der Waals surface area contributed by atoms with Crippen LogP contribution in [0.2, 0.25) is 4.47 Å². The summed E-state index contributed by atoms with van der Waals surface area (Å²) in [5.74, 6) is -0.720. The van der Waals surface area contributed by atoms with Gasteiger partial charge in [-0.25, -0.2) is 4.98 Å². The molecule has 1 aromatic heterocycles. The highest BCUT2D eigenvalue weighted by atomic mass is 35.5. The summed E-state index contributed by atoms with van der Waals surface area (Å²) in [4.78, 5) is 17.6. The maximum atomic E-state index is 11.3. The zero-order valence-electron chi connectivity index (χ0n) is 10.9. The van der Waals surface area contributed by atoms with Crippen LogP contribution in [0.4, 0.5) is 0 Å². The van der Waals surface area contributed by atoms with E-state index in [1.807, 2.05) is 23.1 Å². The van der Waals surface area contributed by atoms with Gasteiger partial charge in [0, 0.05) is 6.54 Å². The van der Waals surface area contributed by atoms with Crippen LogP contribution in [0.1, 0.15) is 24.8 Å². The highest BCUT2D eigenvalue weighted by molar-refractivity contribution is 7.22. The normalized spacial score (nSPS) is 20.4. The first kappa shape index (κ1) is 13.8. The molecule has 0 bridgehead atoms. The Morgan fingerprint density at radius 1 is 1.50 bits per heavy atom. The second-order valence-corrected chi connectivity index (χ2v) is 6.70. The van der Waals surface area contributed by atoms with Crippen LogP contribution in [0.3, 0.4) is 0 Å². The predicted molar refractivity (Wildman–Crippen MR) is 80.3 cm³/mol. The number of rotatable bonds is 3. The summed E-state index contributed by atoms with van der Waals surface area (Å²) in [6.07, 6.45) is 2.79. The Labute approximate surface area is 126 Å². The molecule has 106 valence electrons. The summed E-state index contributed by atoms with van der Waals surface area (Å²) < 4.78 is 1.60. The van der Waals surface area contributed by atoms with Gasteiger partial charge in [0.1, 0.15) is 6.04 Å². The molecular weight excluding hydrogens is 296 g/mol. The van der Waals surface area contributed by atoms with E-state index >= 15 is 0 Å². The topological polar surface area (TPSA) is 53.4 Å². The lowest BCUT2D eigenvalue weighted by atomic mass is 10.0. The van der Waals surface area contributed by atoms with Crippen LogP contribution in [0.25, 0.3) is 10.2 Å². The number of benzene rings is 1. The van der Waals surface area contributed by atoms with Gasteiger partial charge in [0.15, 0.2) is 4.47 Å². The van der Waals surface area contributed by atoms with Crippen LogP contribution in [0.15, 0.2) is 18.2 Å². The van der Waals surface area contributed by atoms with Crippen molar-refractivity contribution >= 4 is 39.1 Å². The van der Waals surface area contributed by atoms with Gasteiger partial charge in [-0.1, -0.05) is 24.1 Å². The van der Waals surface area contributed by atoms with E-state index in [1.54, 1.807) is 0 Å². The van der Waals surface area contributed by atoms with Gasteiger partial charge in [-0.2, -0.15) is 0 Å². The second kappa shape index (κ2) is 5.68. The fourth-order valence-electron chi connectivity index (χ4n) is 2.74. The minimum absolute atomic E-state index is 0.363. The number of halogens is 1. The average Bonchev–Trinajstić information content (AvgIpc) is 2.78. The Kier molecular flexibility index (Phi) is 3.92. The molecule has 3 rings (SSSR count).